The van der Waals surface area contributed by atoms with E-state index in [1.807, 2.05) is 30.9 Å². The van der Waals surface area contributed by atoms with Crippen LogP contribution in [-0.4, -0.2) is 55.8 Å². The van der Waals surface area contributed by atoms with Crippen molar-refractivity contribution in [1.82, 2.24) is 9.21 Å². The summed E-state index contributed by atoms with van der Waals surface area (Å²) in [5, 5.41) is 0. The number of nitrogens with zero attached hydrogens (tertiary/aromatic N) is 2. The zero-order chi connectivity index (χ0) is 19.9. The van der Waals surface area contributed by atoms with Gasteiger partial charge in [-0.2, -0.15) is 4.31 Å². The highest BCUT2D eigenvalue weighted by atomic mass is 32.2. The number of benzene rings is 1. The summed E-state index contributed by atoms with van der Waals surface area (Å²) in [6.45, 7) is 13.6. The van der Waals surface area contributed by atoms with Gasteiger partial charge in [-0.3, -0.25) is 9.69 Å². The Kier molecular flexibility index (Phi) is 5.85. The van der Waals surface area contributed by atoms with E-state index in [2.05, 4.69) is 20.8 Å². The maximum Gasteiger partial charge on any atom is 0.243 e. The molecule has 26 heavy (non-hydrogen) atoms. The molecule has 1 amide bonds. The van der Waals surface area contributed by atoms with Crippen LogP contribution in [0, 0.1) is 13.8 Å². The van der Waals surface area contributed by atoms with Crippen LogP contribution in [-0.2, 0) is 20.2 Å². The minimum absolute atomic E-state index is 0.0334. The molecule has 146 valence electrons. The second-order valence-corrected chi connectivity index (χ2v) is 10.1. The first-order chi connectivity index (χ1) is 11.9. The van der Waals surface area contributed by atoms with E-state index in [0.29, 0.717) is 31.1 Å². The lowest BCUT2D eigenvalue weighted by Crippen LogP contribution is -2.54. The van der Waals surface area contributed by atoms with Crippen molar-refractivity contribution in [2.75, 3.05) is 26.2 Å². The molecular weight excluding hydrogens is 350 g/mol. The molecule has 1 aromatic carbocycles. The molecular formula is C19H31N3O3S. The van der Waals surface area contributed by atoms with E-state index in [0.717, 1.165) is 16.7 Å². The summed E-state index contributed by atoms with van der Waals surface area (Å²) in [5.41, 5.74) is 8.01. The number of nitrogens with two attached hydrogens (primary N) is 1. The topological polar surface area (TPSA) is 83.7 Å². The van der Waals surface area contributed by atoms with E-state index in [4.69, 9.17) is 5.73 Å². The zero-order valence-corrected chi connectivity index (χ0v) is 17.5. The normalized spacial score (nSPS) is 18.7. The first-order valence-electron chi connectivity index (χ1n) is 9.01. The minimum Gasteiger partial charge on any atom is -0.368 e. The van der Waals surface area contributed by atoms with Gasteiger partial charge in [-0.15, -0.1) is 0 Å². The summed E-state index contributed by atoms with van der Waals surface area (Å²) < 4.78 is 27.9. The van der Waals surface area contributed by atoms with Crippen LogP contribution in [0.25, 0.3) is 0 Å². The van der Waals surface area contributed by atoms with Crippen molar-refractivity contribution < 1.29 is 13.2 Å². The number of carbonyl (C=O) groups excluding carboxylic acids is 1. The molecule has 1 saturated heterocycles. The summed E-state index contributed by atoms with van der Waals surface area (Å²) in [6.07, 6.45) is 0. The molecule has 0 radical (unpaired) electrons. The molecule has 0 aliphatic carbocycles. The fourth-order valence-electron chi connectivity index (χ4n) is 3.43. The molecule has 1 aliphatic heterocycles. The van der Waals surface area contributed by atoms with Gasteiger partial charge in [0.15, 0.2) is 0 Å². The molecule has 1 aromatic rings. The number of sulfonamides is 1. The van der Waals surface area contributed by atoms with Gasteiger partial charge < -0.3 is 5.73 Å². The smallest absolute Gasteiger partial charge is 0.243 e. The van der Waals surface area contributed by atoms with Crippen molar-refractivity contribution in [2.45, 2.75) is 57.9 Å². The number of primary amides is 1. The van der Waals surface area contributed by atoms with E-state index in [-0.39, 0.29) is 17.4 Å². The lowest BCUT2D eigenvalue weighted by atomic mass is 9.85. The van der Waals surface area contributed by atoms with Crippen molar-refractivity contribution >= 4 is 15.9 Å². The van der Waals surface area contributed by atoms with E-state index < -0.39 is 10.0 Å². The van der Waals surface area contributed by atoms with E-state index in [9.17, 15) is 13.2 Å². The Morgan fingerprint density at radius 3 is 1.92 bits per heavy atom. The second kappa shape index (κ2) is 7.29. The molecule has 2 N–H and O–H groups in total. The van der Waals surface area contributed by atoms with Crippen LogP contribution >= 0.6 is 0 Å². The van der Waals surface area contributed by atoms with Gasteiger partial charge in [0, 0.05) is 26.2 Å². The van der Waals surface area contributed by atoms with E-state index in [1.54, 1.807) is 6.92 Å². The molecule has 6 nitrogen and oxygen atoms in total. The van der Waals surface area contributed by atoms with Crippen molar-refractivity contribution in [3.05, 3.63) is 28.8 Å². The van der Waals surface area contributed by atoms with Crippen LogP contribution in [0.1, 0.15) is 44.4 Å². The summed E-state index contributed by atoms with van der Waals surface area (Å²) in [6, 6.07) is 3.57. The Morgan fingerprint density at radius 2 is 1.54 bits per heavy atom. The van der Waals surface area contributed by atoms with Gasteiger partial charge in [0.25, 0.3) is 0 Å². The second-order valence-electron chi connectivity index (χ2n) is 8.21. The zero-order valence-electron chi connectivity index (χ0n) is 16.7. The molecule has 2 rings (SSSR count). The molecule has 1 fully saturated rings. The third kappa shape index (κ3) is 4.10. The van der Waals surface area contributed by atoms with Crippen molar-refractivity contribution in [3.8, 4) is 0 Å². The lowest BCUT2D eigenvalue weighted by molar-refractivity contribution is -0.123. The quantitative estimate of drug-likeness (QED) is 0.862. The monoisotopic (exact) mass is 381 g/mol. The fraction of sp³-hybridized carbons (Fsp3) is 0.632. The van der Waals surface area contributed by atoms with Crippen LogP contribution in [0.15, 0.2) is 17.0 Å². The molecule has 7 heteroatoms. The Labute approximate surface area is 157 Å². The highest BCUT2D eigenvalue weighted by Crippen LogP contribution is 2.31. The molecule has 0 bridgehead atoms. The molecule has 1 heterocycles. The Balaban J connectivity index is 2.28. The number of amides is 1. The maximum atomic E-state index is 13.2. The number of hydrogen-bond donors (Lipinski definition) is 1. The third-order valence-corrected chi connectivity index (χ3v) is 7.36. The highest BCUT2D eigenvalue weighted by molar-refractivity contribution is 7.89. The molecule has 1 aliphatic rings. The predicted octanol–water partition coefficient (Wildman–Crippen LogP) is 1.78. The van der Waals surface area contributed by atoms with Crippen LogP contribution in [0.3, 0.4) is 0 Å². The molecule has 1 unspecified atom stereocenters. The van der Waals surface area contributed by atoms with Crippen molar-refractivity contribution in [3.63, 3.8) is 0 Å². The standard InChI is InChI=1S/C19H31N3O3S/c1-13-11-16(19(4,5)6)12-14(2)17(13)26(24,25)22-9-7-21(8-10-22)15(3)18(20)23/h11-12,15H,7-10H2,1-6H3,(H2,20,23). The Morgan fingerprint density at radius 1 is 1.08 bits per heavy atom. The van der Waals surface area contributed by atoms with Gasteiger partial charge in [-0.25, -0.2) is 8.42 Å². The van der Waals surface area contributed by atoms with Crippen LogP contribution in [0.2, 0.25) is 0 Å². The van der Waals surface area contributed by atoms with Crippen molar-refractivity contribution in [2.24, 2.45) is 5.73 Å². The fourth-order valence-corrected chi connectivity index (χ4v) is 5.26. The Hall–Kier alpha value is -1.44. The lowest BCUT2D eigenvalue weighted by Gasteiger charge is -2.36. The first-order valence-corrected chi connectivity index (χ1v) is 10.4. The number of carbonyl (C=O) groups is 1. The number of piperazine rings is 1. The number of hydrogen-bond acceptors (Lipinski definition) is 4. The summed E-state index contributed by atoms with van der Waals surface area (Å²) in [5.74, 6) is -0.384. The molecule has 0 spiro atoms. The van der Waals surface area contributed by atoms with Gasteiger partial charge in [-0.05, 0) is 42.9 Å². The Bertz CT molecular complexity index is 766. The highest BCUT2D eigenvalue weighted by Gasteiger charge is 2.33. The minimum atomic E-state index is -3.56. The molecule has 1 atom stereocenters. The average Bonchev–Trinajstić information content (AvgIpc) is 2.52. The van der Waals surface area contributed by atoms with Crippen LogP contribution < -0.4 is 5.73 Å². The maximum absolute atomic E-state index is 13.2. The predicted molar refractivity (Wildman–Crippen MR) is 104 cm³/mol. The van der Waals surface area contributed by atoms with Gasteiger partial charge in [0.2, 0.25) is 15.9 Å². The van der Waals surface area contributed by atoms with Gasteiger partial charge >= 0.3 is 0 Å². The SMILES string of the molecule is Cc1cc(C(C)(C)C)cc(C)c1S(=O)(=O)N1CCN(C(C)C(N)=O)CC1. The van der Waals surface area contributed by atoms with Gasteiger partial charge in [0.1, 0.15) is 0 Å². The number of aryl methyl sites for hydroxylation is 2. The van der Waals surface area contributed by atoms with E-state index >= 15 is 0 Å². The van der Waals surface area contributed by atoms with E-state index in [1.165, 1.54) is 4.31 Å². The summed E-state index contributed by atoms with van der Waals surface area (Å²) in [4.78, 5) is 13.7. The summed E-state index contributed by atoms with van der Waals surface area (Å²) in [7, 11) is -3.56. The molecule has 0 saturated carbocycles. The van der Waals surface area contributed by atoms with Gasteiger partial charge in [0.05, 0.1) is 10.9 Å². The van der Waals surface area contributed by atoms with Crippen LogP contribution in [0.4, 0.5) is 0 Å². The molecule has 0 aromatic heterocycles. The van der Waals surface area contributed by atoms with Crippen molar-refractivity contribution in [1.29, 1.82) is 0 Å². The number of rotatable bonds is 4. The van der Waals surface area contributed by atoms with Crippen LogP contribution in [0.5, 0.6) is 0 Å². The largest absolute Gasteiger partial charge is 0.368 e. The first kappa shape index (κ1) is 20.9. The summed E-state index contributed by atoms with van der Waals surface area (Å²) >= 11 is 0. The van der Waals surface area contributed by atoms with Gasteiger partial charge in [-0.1, -0.05) is 32.9 Å². The third-order valence-electron chi connectivity index (χ3n) is 5.16. The average molecular weight is 382 g/mol.